The van der Waals surface area contributed by atoms with Crippen LogP contribution in [0.1, 0.15) is 13.8 Å². The Morgan fingerprint density at radius 3 is 1.65 bits per heavy atom. The molecular formula is C9H23O6PSi. The number of rotatable bonds is 10. The molecule has 8 heteroatoms. The highest BCUT2D eigenvalue weighted by molar-refractivity contribution is 7.54. The Bertz CT molecular complexity index is 227. The second-order valence-electron chi connectivity index (χ2n) is 3.22. The van der Waals surface area contributed by atoms with Crippen LogP contribution in [0.3, 0.4) is 0 Å². The Labute approximate surface area is 104 Å². The van der Waals surface area contributed by atoms with Crippen LogP contribution in [0.15, 0.2) is 0 Å². The van der Waals surface area contributed by atoms with Gasteiger partial charge in [-0.25, -0.2) is 0 Å². The van der Waals surface area contributed by atoms with Gasteiger partial charge in [-0.05, 0) is 13.8 Å². The minimum absolute atomic E-state index is 0.233. The van der Waals surface area contributed by atoms with Gasteiger partial charge in [-0.15, -0.1) is 0 Å². The summed E-state index contributed by atoms with van der Waals surface area (Å²) in [5, 5.41) is 0. The van der Waals surface area contributed by atoms with Gasteiger partial charge in [-0.3, -0.25) is 4.57 Å². The third kappa shape index (κ3) is 5.61. The van der Waals surface area contributed by atoms with E-state index in [0.29, 0.717) is 19.3 Å². The van der Waals surface area contributed by atoms with Gasteiger partial charge in [-0.1, -0.05) is 0 Å². The van der Waals surface area contributed by atoms with Crippen molar-refractivity contribution in [3.8, 4) is 0 Å². The van der Waals surface area contributed by atoms with Crippen molar-refractivity contribution in [2.24, 2.45) is 0 Å². The molecule has 0 heterocycles. The molecule has 0 amide bonds. The summed E-state index contributed by atoms with van der Waals surface area (Å²) in [6.07, 6.45) is 0.233. The van der Waals surface area contributed by atoms with Crippen molar-refractivity contribution in [2.45, 2.75) is 19.9 Å². The Balaban J connectivity index is 4.52. The highest BCUT2D eigenvalue weighted by atomic mass is 31.2. The molecule has 0 bridgehead atoms. The van der Waals surface area contributed by atoms with Gasteiger partial charge in [0.1, 0.15) is 0 Å². The van der Waals surface area contributed by atoms with E-state index in [0.717, 1.165) is 0 Å². The zero-order valence-electron chi connectivity index (χ0n) is 11.2. The van der Waals surface area contributed by atoms with Crippen LogP contribution in [0.2, 0.25) is 6.04 Å². The summed E-state index contributed by atoms with van der Waals surface area (Å²) in [7, 11) is -1.22. The van der Waals surface area contributed by atoms with E-state index in [2.05, 4.69) is 0 Å². The molecule has 0 aliphatic carbocycles. The maximum atomic E-state index is 12.2. The van der Waals surface area contributed by atoms with Crippen LogP contribution in [-0.2, 0) is 26.9 Å². The van der Waals surface area contributed by atoms with Crippen LogP contribution in [0, 0.1) is 0 Å². The van der Waals surface area contributed by atoms with Gasteiger partial charge >= 0.3 is 16.4 Å². The lowest BCUT2D eigenvalue weighted by molar-refractivity contribution is 0.124. The Morgan fingerprint density at radius 1 is 0.941 bits per heavy atom. The van der Waals surface area contributed by atoms with Crippen molar-refractivity contribution in [1.29, 1.82) is 0 Å². The first-order chi connectivity index (χ1) is 8.01. The second kappa shape index (κ2) is 8.37. The first-order valence-corrected chi connectivity index (χ1v) is 9.21. The largest absolute Gasteiger partial charge is 0.500 e. The number of hydrogen-bond acceptors (Lipinski definition) is 6. The van der Waals surface area contributed by atoms with Crippen LogP contribution in [-0.4, -0.2) is 49.5 Å². The van der Waals surface area contributed by atoms with E-state index in [1.165, 1.54) is 21.3 Å². The van der Waals surface area contributed by atoms with Crippen LogP contribution < -0.4 is 0 Å². The molecule has 17 heavy (non-hydrogen) atoms. The fourth-order valence-corrected chi connectivity index (χ4v) is 5.81. The molecule has 0 aromatic carbocycles. The summed E-state index contributed by atoms with van der Waals surface area (Å²) in [6, 6.07) is 0.397. The molecule has 0 unspecified atom stereocenters. The summed E-state index contributed by atoms with van der Waals surface area (Å²) < 4.78 is 38.3. The van der Waals surface area contributed by atoms with E-state index in [4.69, 9.17) is 22.3 Å². The Kier molecular flexibility index (Phi) is 8.49. The zero-order valence-corrected chi connectivity index (χ0v) is 13.1. The van der Waals surface area contributed by atoms with E-state index < -0.39 is 16.4 Å². The van der Waals surface area contributed by atoms with Crippen molar-refractivity contribution in [3.63, 3.8) is 0 Å². The molecule has 0 saturated heterocycles. The fraction of sp³-hybridized carbons (Fsp3) is 1.00. The molecule has 6 nitrogen and oxygen atoms in total. The molecule has 0 radical (unpaired) electrons. The molecular weight excluding hydrogens is 263 g/mol. The molecule has 0 saturated carbocycles. The van der Waals surface area contributed by atoms with Gasteiger partial charge in [-0.2, -0.15) is 0 Å². The minimum Gasteiger partial charge on any atom is -0.377 e. The third-order valence-corrected chi connectivity index (χ3v) is 7.50. The molecule has 0 aliphatic heterocycles. The normalized spacial score (nSPS) is 13.0. The summed E-state index contributed by atoms with van der Waals surface area (Å²) in [5.41, 5.74) is 0. The van der Waals surface area contributed by atoms with Crippen molar-refractivity contribution >= 4 is 16.4 Å². The maximum Gasteiger partial charge on any atom is 0.500 e. The van der Waals surface area contributed by atoms with E-state index in [9.17, 15) is 4.57 Å². The van der Waals surface area contributed by atoms with Gasteiger partial charge in [0, 0.05) is 27.4 Å². The van der Waals surface area contributed by atoms with Gasteiger partial charge in [0.2, 0.25) is 0 Å². The lowest BCUT2D eigenvalue weighted by Gasteiger charge is -2.26. The lowest BCUT2D eigenvalue weighted by Crippen LogP contribution is -2.43. The number of hydrogen-bond donors (Lipinski definition) is 0. The first kappa shape index (κ1) is 17.2. The average Bonchev–Trinajstić information content (AvgIpc) is 2.32. The van der Waals surface area contributed by atoms with Crippen molar-refractivity contribution in [2.75, 3.05) is 40.7 Å². The predicted octanol–water partition coefficient (Wildman–Crippen LogP) is 2.13. The van der Waals surface area contributed by atoms with E-state index in [1.807, 2.05) is 0 Å². The molecule has 0 atom stereocenters. The van der Waals surface area contributed by atoms with Gasteiger partial charge in [0.05, 0.1) is 19.4 Å². The average molecular weight is 286 g/mol. The molecule has 104 valence electrons. The SMILES string of the molecule is CCOP(=O)(CC[Si](OC)(OC)OC)OCC. The molecule has 0 rings (SSSR count). The first-order valence-electron chi connectivity index (χ1n) is 5.55. The summed E-state index contributed by atoms with van der Waals surface area (Å²) in [5.74, 6) is 0. The molecule has 0 aliphatic rings. The second-order valence-corrected chi connectivity index (χ2v) is 8.49. The van der Waals surface area contributed by atoms with Gasteiger partial charge in [0.15, 0.2) is 0 Å². The van der Waals surface area contributed by atoms with Gasteiger partial charge < -0.3 is 22.3 Å². The van der Waals surface area contributed by atoms with E-state index >= 15 is 0 Å². The lowest BCUT2D eigenvalue weighted by atomic mass is 10.9. The zero-order chi connectivity index (χ0) is 13.4. The molecule has 0 aromatic rings. The topological polar surface area (TPSA) is 63.2 Å². The predicted molar refractivity (Wildman–Crippen MR) is 67.3 cm³/mol. The molecule has 0 N–H and O–H groups in total. The van der Waals surface area contributed by atoms with Crippen LogP contribution in [0.4, 0.5) is 0 Å². The smallest absolute Gasteiger partial charge is 0.377 e. The Morgan fingerprint density at radius 2 is 1.35 bits per heavy atom. The molecule has 0 aromatic heterocycles. The van der Waals surface area contributed by atoms with Crippen molar-refractivity contribution < 1.29 is 26.9 Å². The highest BCUT2D eigenvalue weighted by Gasteiger charge is 2.41. The molecule has 0 spiro atoms. The Hall–Kier alpha value is 0.247. The quantitative estimate of drug-likeness (QED) is 0.453. The summed E-state index contributed by atoms with van der Waals surface area (Å²) in [6.45, 7) is 4.25. The fourth-order valence-electron chi connectivity index (χ4n) is 1.39. The van der Waals surface area contributed by atoms with Crippen LogP contribution in [0.5, 0.6) is 0 Å². The standard InChI is InChI=1S/C9H23O6PSi/c1-6-14-16(10,15-7-2)8-9-17(11-3,12-4)13-5/h6-9H2,1-5H3. The van der Waals surface area contributed by atoms with E-state index in [1.54, 1.807) is 13.8 Å². The van der Waals surface area contributed by atoms with E-state index in [-0.39, 0.29) is 6.16 Å². The van der Waals surface area contributed by atoms with Crippen LogP contribution >= 0.6 is 7.60 Å². The highest BCUT2D eigenvalue weighted by Crippen LogP contribution is 2.49. The minimum atomic E-state index is -3.06. The maximum absolute atomic E-state index is 12.2. The van der Waals surface area contributed by atoms with Crippen molar-refractivity contribution in [3.05, 3.63) is 0 Å². The van der Waals surface area contributed by atoms with Crippen molar-refractivity contribution in [1.82, 2.24) is 0 Å². The monoisotopic (exact) mass is 286 g/mol. The molecule has 0 fully saturated rings. The summed E-state index contributed by atoms with van der Waals surface area (Å²) in [4.78, 5) is 0. The van der Waals surface area contributed by atoms with Gasteiger partial charge in [0.25, 0.3) is 0 Å². The summed E-state index contributed by atoms with van der Waals surface area (Å²) >= 11 is 0. The van der Waals surface area contributed by atoms with Crippen LogP contribution in [0.25, 0.3) is 0 Å². The third-order valence-electron chi connectivity index (χ3n) is 2.28.